The van der Waals surface area contributed by atoms with Gasteiger partial charge >= 0.3 is 0 Å². The van der Waals surface area contributed by atoms with Gasteiger partial charge in [0.15, 0.2) is 0 Å². The van der Waals surface area contributed by atoms with Crippen molar-refractivity contribution in [1.29, 1.82) is 0 Å². The molecular formula is C21H28Cl2N4O2. The first kappa shape index (κ1) is 24.8. The molecule has 1 fully saturated rings. The molecule has 1 aliphatic heterocycles. The number of anilines is 1. The number of amides is 2. The van der Waals surface area contributed by atoms with Crippen LogP contribution in [0.1, 0.15) is 17.2 Å². The monoisotopic (exact) mass is 438 g/mol. The maximum absolute atomic E-state index is 12.4. The number of nitrogens with one attached hydrogen (secondary N) is 1. The van der Waals surface area contributed by atoms with Crippen molar-refractivity contribution in [2.45, 2.75) is 13.0 Å². The Hall–Kier alpha value is -2.28. The van der Waals surface area contributed by atoms with Crippen molar-refractivity contribution in [3.8, 4) is 0 Å². The van der Waals surface area contributed by atoms with Crippen LogP contribution in [0.25, 0.3) is 0 Å². The van der Waals surface area contributed by atoms with Gasteiger partial charge in [0.05, 0.1) is 6.54 Å². The van der Waals surface area contributed by atoms with Crippen LogP contribution in [0, 0.1) is 6.92 Å². The van der Waals surface area contributed by atoms with Crippen molar-refractivity contribution in [2.75, 3.05) is 37.6 Å². The molecule has 6 nitrogen and oxygen atoms in total. The van der Waals surface area contributed by atoms with Crippen LogP contribution in [-0.2, 0) is 9.59 Å². The first-order valence-corrected chi connectivity index (χ1v) is 9.22. The molecule has 1 atom stereocenters. The van der Waals surface area contributed by atoms with Crippen LogP contribution < -0.4 is 16.0 Å². The molecule has 0 aromatic heterocycles. The van der Waals surface area contributed by atoms with E-state index in [1.54, 1.807) is 4.90 Å². The van der Waals surface area contributed by atoms with E-state index in [1.165, 1.54) is 5.69 Å². The zero-order chi connectivity index (χ0) is 19.2. The van der Waals surface area contributed by atoms with E-state index in [0.717, 1.165) is 24.2 Å². The van der Waals surface area contributed by atoms with Crippen molar-refractivity contribution in [1.82, 2.24) is 10.2 Å². The summed E-state index contributed by atoms with van der Waals surface area (Å²) in [4.78, 5) is 28.7. The number of carbonyl (C=O) groups is 2. The molecule has 1 heterocycles. The summed E-state index contributed by atoms with van der Waals surface area (Å²) in [6.45, 7) is 4.82. The van der Waals surface area contributed by atoms with E-state index in [9.17, 15) is 9.59 Å². The molecule has 0 bridgehead atoms. The Labute approximate surface area is 184 Å². The number of hydrogen-bond donors (Lipinski definition) is 2. The second-order valence-electron chi connectivity index (χ2n) is 6.81. The second-order valence-corrected chi connectivity index (χ2v) is 6.81. The predicted molar refractivity (Wildman–Crippen MR) is 121 cm³/mol. The summed E-state index contributed by atoms with van der Waals surface area (Å²) < 4.78 is 0. The molecule has 0 spiro atoms. The molecule has 29 heavy (non-hydrogen) atoms. The van der Waals surface area contributed by atoms with Gasteiger partial charge in [-0.2, -0.15) is 0 Å². The summed E-state index contributed by atoms with van der Waals surface area (Å²) in [5.41, 5.74) is 9.01. The maximum atomic E-state index is 12.4. The summed E-state index contributed by atoms with van der Waals surface area (Å²) in [7, 11) is 0. The van der Waals surface area contributed by atoms with Crippen LogP contribution >= 0.6 is 24.8 Å². The number of nitrogens with two attached hydrogens (primary N) is 1. The molecule has 1 aliphatic rings. The molecule has 1 unspecified atom stereocenters. The lowest BCUT2D eigenvalue weighted by atomic mass is 10.1. The minimum Gasteiger partial charge on any atom is -0.368 e. The van der Waals surface area contributed by atoms with Crippen molar-refractivity contribution in [3.05, 3.63) is 65.7 Å². The van der Waals surface area contributed by atoms with E-state index in [0.29, 0.717) is 13.1 Å². The summed E-state index contributed by atoms with van der Waals surface area (Å²) in [6.07, 6.45) is 0. The van der Waals surface area contributed by atoms with Gasteiger partial charge in [-0.3, -0.25) is 9.59 Å². The molecule has 2 amide bonds. The van der Waals surface area contributed by atoms with Gasteiger partial charge in [0, 0.05) is 31.9 Å². The van der Waals surface area contributed by atoms with Crippen molar-refractivity contribution in [2.24, 2.45) is 5.73 Å². The molecule has 8 heteroatoms. The summed E-state index contributed by atoms with van der Waals surface area (Å²) >= 11 is 0. The number of para-hydroxylation sites is 1. The molecule has 1 saturated heterocycles. The highest BCUT2D eigenvalue weighted by atomic mass is 35.5. The Kier molecular flexibility index (Phi) is 9.95. The molecular weight excluding hydrogens is 411 g/mol. The third-order valence-electron chi connectivity index (χ3n) is 4.89. The van der Waals surface area contributed by atoms with Crippen LogP contribution in [0.4, 0.5) is 5.69 Å². The number of aryl methyl sites for hydroxylation is 1. The Morgan fingerprint density at radius 3 is 2.14 bits per heavy atom. The van der Waals surface area contributed by atoms with Gasteiger partial charge in [0.25, 0.3) is 0 Å². The van der Waals surface area contributed by atoms with E-state index < -0.39 is 6.04 Å². The third-order valence-corrected chi connectivity index (χ3v) is 4.89. The number of rotatable bonds is 5. The zero-order valence-corrected chi connectivity index (χ0v) is 18.0. The predicted octanol–water partition coefficient (Wildman–Crippen LogP) is 2.30. The number of benzene rings is 2. The highest BCUT2D eigenvalue weighted by molar-refractivity contribution is 5.88. The fourth-order valence-electron chi connectivity index (χ4n) is 3.16. The minimum atomic E-state index is -0.770. The number of halogens is 2. The molecule has 0 radical (unpaired) electrons. The van der Waals surface area contributed by atoms with Crippen LogP contribution in [-0.4, -0.2) is 49.4 Å². The summed E-state index contributed by atoms with van der Waals surface area (Å²) in [5, 5.41) is 2.67. The number of carbonyl (C=O) groups excluding carboxylic acids is 2. The third kappa shape index (κ3) is 6.63. The number of piperazine rings is 1. The van der Waals surface area contributed by atoms with Gasteiger partial charge in [0.1, 0.15) is 6.04 Å². The standard InChI is InChI=1S/C21H26N4O2.2ClH/c1-16-7-9-17(10-8-16)20(22)21(27)23-15-19(26)25-13-11-24(12-14-25)18-5-3-2-4-6-18;;/h2-10,20H,11-15,22H2,1H3,(H,23,27);2*1H. The molecule has 0 aliphatic carbocycles. The molecule has 3 N–H and O–H groups in total. The fraction of sp³-hybridized carbons (Fsp3) is 0.333. The quantitative estimate of drug-likeness (QED) is 0.750. The van der Waals surface area contributed by atoms with E-state index in [1.807, 2.05) is 49.4 Å². The SMILES string of the molecule is Cc1ccc(C(N)C(=O)NCC(=O)N2CCN(c3ccccc3)CC2)cc1.Cl.Cl. The smallest absolute Gasteiger partial charge is 0.242 e. The summed E-state index contributed by atoms with van der Waals surface area (Å²) in [5.74, 6) is -0.415. The molecule has 2 aromatic carbocycles. The Bertz CT molecular complexity index is 779. The van der Waals surface area contributed by atoms with Gasteiger partial charge in [-0.15, -0.1) is 24.8 Å². The van der Waals surface area contributed by atoms with E-state index >= 15 is 0 Å². The van der Waals surface area contributed by atoms with Crippen LogP contribution in [0.3, 0.4) is 0 Å². The van der Waals surface area contributed by atoms with Crippen LogP contribution in [0.5, 0.6) is 0 Å². The second kappa shape index (κ2) is 11.7. The zero-order valence-electron chi connectivity index (χ0n) is 16.4. The largest absolute Gasteiger partial charge is 0.368 e. The maximum Gasteiger partial charge on any atom is 0.242 e. The normalized spacial score (nSPS) is 14.3. The molecule has 158 valence electrons. The lowest BCUT2D eigenvalue weighted by Crippen LogP contribution is -2.51. The number of nitrogens with zero attached hydrogens (tertiary/aromatic N) is 2. The van der Waals surface area contributed by atoms with E-state index in [4.69, 9.17) is 5.73 Å². The minimum absolute atomic E-state index is 0. The first-order chi connectivity index (χ1) is 13.0. The van der Waals surface area contributed by atoms with Crippen molar-refractivity contribution >= 4 is 42.3 Å². The van der Waals surface area contributed by atoms with Crippen molar-refractivity contribution < 1.29 is 9.59 Å². The Balaban J connectivity index is 0.00000210. The van der Waals surface area contributed by atoms with Gasteiger partial charge < -0.3 is 20.9 Å². The van der Waals surface area contributed by atoms with Gasteiger partial charge in [-0.05, 0) is 24.6 Å². The lowest BCUT2D eigenvalue weighted by Gasteiger charge is -2.36. The van der Waals surface area contributed by atoms with Gasteiger partial charge in [0.2, 0.25) is 11.8 Å². The first-order valence-electron chi connectivity index (χ1n) is 9.22. The van der Waals surface area contributed by atoms with E-state index in [2.05, 4.69) is 22.3 Å². The average molecular weight is 439 g/mol. The molecule has 2 aromatic rings. The Morgan fingerprint density at radius 1 is 0.966 bits per heavy atom. The topological polar surface area (TPSA) is 78.7 Å². The Morgan fingerprint density at radius 2 is 1.55 bits per heavy atom. The van der Waals surface area contributed by atoms with Gasteiger partial charge in [-0.1, -0.05) is 48.0 Å². The molecule has 0 saturated carbocycles. The van der Waals surface area contributed by atoms with Crippen molar-refractivity contribution in [3.63, 3.8) is 0 Å². The highest BCUT2D eigenvalue weighted by Crippen LogP contribution is 2.15. The fourth-order valence-corrected chi connectivity index (χ4v) is 3.16. The van der Waals surface area contributed by atoms with Gasteiger partial charge in [-0.25, -0.2) is 0 Å². The number of hydrogen-bond acceptors (Lipinski definition) is 4. The highest BCUT2D eigenvalue weighted by Gasteiger charge is 2.22. The van der Waals surface area contributed by atoms with Crippen LogP contribution in [0.2, 0.25) is 0 Å². The average Bonchev–Trinajstić information content (AvgIpc) is 2.72. The van der Waals surface area contributed by atoms with Crippen LogP contribution in [0.15, 0.2) is 54.6 Å². The molecule has 3 rings (SSSR count). The summed E-state index contributed by atoms with van der Waals surface area (Å²) in [6, 6.07) is 16.9. The van der Waals surface area contributed by atoms with E-state index in [-0.39, 0.29) is 43.2 Å². The lowest BCUT2D eigenvalue weighted by molar-refractivity contribution is -0.133.